The fraction of sp³-hybridized carbons (Fsp3) is 0.643. The lowest BCUT2D eigenvalue weighted by Crippen LogP contribution is -2.47. The molecule has 3 atom stereocenters. The molecule has 1 aliphatic heterocycles. The molecule has 0 radical (unpaired) electrons. The third-order valence-corrected chi connectivity index (χ3v) is 4.59. The molecule has 1 aromatic heterocycles. The van der Waals surface area contributed by atoms with Gasteiger partial charge in [-0.1, -0.05) is 6.42 Å². The van der Waals surface area contributed by atoms with Crippen molar-refractivity contribution >= 4 is 12.0 Å². The Bertz CT molecular complexity index is 556. The van der Waals surface area contributed by atoms with Gasteiger partial charge in [0.1, 0.15) is 6.04 Å². The highest BCUT2D eigenvalue weighted by atomic mass is 16.4. The minimum absolute atomic E-state index is 0.114. The van der Waals surface area contributed by atoms with E-state index in [1.807, 2.05) is 19.3 Å². The van der Waals surface area contributed by atoms with Gasteiger partial charge in [-0.3, -0.25) is 4.68 Å². The maximum absolute atomic E-state index is 12.3. The third kappa shape index (κ3) is 2.59. The summed E-state index contributed by atoms with van der Waals surface area (Å²) >= 11 is 0. The van der Waals surface area contributed by atoms with Crippen LogP contribution in [0, 0.1) is 11.8 Å². The van der Waals surface area contributed by atoms with Crippen LogP contribution < -0.4 is 5.32 Å². The minimum Gasteiger partial charge on any atom is -0.480 e. The first-order valence-electron chi connectivity index (χ1n) is 7.32. The van der Waals surface area contributed by atoms with E-state index in [-0.39, 0.29) is 11.9 Å². The van der Waals surface area contributed by atoms with E-state index in [0.29, 0.717) is 19.0 Å². The Morgan fingerprint density at radius 1 is 1.48 bits per heavy atom. The largest absolute Gasteiger partial charge is 0.480 e. The zero-order valence-corrected chi connectivity index (χ0v) is 12.0. The van der Waals surface area contributed by atoms with Gasteiger partial charge in [0.25, 0.3) is 0 Å². The third-order valence-electron chi connectivity index (χ3n) is 4.59. The van der Waals surface area contributed by atoms with Crippen LogP contribution in [0.25, 0.3) is 0 Å². The van der Waals surface area contributed by atoms with E-state index in [1.165, 1.54) is 4.90 Å². The zero-order valence-electron chi connectivity index (χ0n) is 12.0. The molecular formula is C14H20N4O3. The SMILES string of the molecule is Cn1ccc(CNC(=O)N2CC3CCCC3C2C(=O)O)n1. The van der Waals surface area contributed by atoms with Gasteiger partial charge in [0.15, 0.2) is 0 Å². The lowest BCUT2D eigenvalue weighted by molar-refractivity contribution is -0.142. The molecule has 0 aromatic carbocycles. The second kappa shape index (κ2) is 5.38. The Balaban J connectivity index is 1.64. The number of aromatic nitrogens is 2. The number of fused-ring (bicyclic) bond motifs is 1. The lowest BCUT2D eigenvalue weighted by Gasteiger charge is -2.24. The van der Waals surface area contributed by atoms with Crippen LogP contribution in [0.4, 0.5) is 4.79 Å². The Hall–Kier alpha value is -2.05. The van der Waals surface area contributed by atoms with Crippen LogP contribution in [0.3, 0.4) is 0 Å². The summed E-state index contributed by atoms with van der Waals surface area (Å²) in [6.45, 7) is 0.869. The van der Waals surface area contributed by atoms with Gasteiger partial charge in [-0.2, -0.15) is 5.10 Å². The number of urea groups is 1. The fourth-order valence-corrected chi connectivity index (χ4v) is 3.66. The highest BCUT2D eigenvalue weighted by Crippen LogP contribution is 2.42. The second-order valence-electron chi connectivity index (χ2n) is 5.93. The zero-order chi connectivity index (χ0) is 15.0. The van der Waals surface area contributed by atoms with E-state index in [9.17, 15) is 14.7 Å². The summed E-state index contributed by atoms with van der Waals surface area (Å²) in [5, 5.41) is 16.4. The number of hydrogen-bond donors (Lipinski definition) is 2. The predicted molar refractivity (Wildman–Crippen MR) is 74.4 cm³/mol. The summed E-state index contributed by atoms with van der Waals surface area (Å²) < 4.78 is 1.67. The lowest BCUT2D eigenvalue weighted by atomic mass is 9.94. The Morgan fingerprint density at radius 2 is 2.29 bits per heavy atom. The number of carbonyl (C=O) groups is 2. The van der Waals surface area contributed by atoms with Crippen molar-refractivity contribution in [2.75, 3.05) is 6.54 Å². The maximum atomic E-state index is 12.3. The summed E-state index contributed by atoms with van der Waals surface area (Å²) in [7, 11) is 1.81. The minimum atomic E-state index is -0.891. The monoisotopic (exact) mass is 292 g/mol. The van der Waals surface area contributed by atoms with E-state index in [2.05, 4.69) is 10.4 Å². The molecule has 1 saturated carbocycles. The molecule has 3 unspecified atom stereocenters. The number of carboxylic acid groups (broad SMARTS) is 1. The van der Waals surface area contributed by atoms with Crippen molar-refractivity contribution in [1.29, 1.82) is 0 Å². The van der Waals surface area contributed by atoms with Crippen LogP contribution >= 0.6 is 0 Å². The number of hydrogen-bond acceptors (Lipinski definition) is 3. The van der Waals surface area contributed by atoms with Crippen LogP contribution in [0.15, 0.2) is 12.3 Å². The van der Waals surface area contributed by atoms with Gasteiger partial charge < -0.3 is 15.3 Å². The van der Waals surface area contributed by atoms with Crippen molar-refractivity contribution in [2.24, 2.45) is 18.9 Å². The van der Waals surface area contributed by atoms with Crippen molar-refractivity contribution in [1.82, 2.24) is 20.0 Å². The van der Waals surface area contributed by atoms with Crippen LogP contribution in [0.5, 0.6) is 0 Å². The number of nitrogens with zero attached hydrogens (tertiary/aromatic N) is 3. The van der Waals surface area contributed by atoms with Crippen molar-refractivity contribution in [2.45, 2.75) is 31.8 Å². The van der Waals surface area contributed by atoms with Gasteiger partial charge in [-0.15, -0.1) is 0 Å². The summed E-state index contributed by atoms with van der Waals surface area (Å²) in [5.74, 6) is -0.438. The summed E-state index contributed by atoms with van der Waals surface area (Å²) in [4.78, 5) is 25.3. The molecule has 3 rings (SSSR count). The van der Waals surface area contributed by atoms with Crippen molar-refractivity contribution in [3.8, 4) is 0 Å². The normalized spacial score (nSPS) is 27.7. The van der Waals surface area contributed by atoms with Crippen LogP contribution in [0.1, 0.15) is 25.0 Å². The molecule has 1 aromatic rings. The van der Waals surface area contributed by atoms with Crippen LogP contribution in [-0.2, 0) is 18.4 Å². The molecule has 7 heteroatoms. The van der Waals surface area contributed by atoms with Gasteiger partial charge in [-0.05, 0) is 30.7 Å². The fourth-order valence-electron chi connectivity index (χ4n) is 3.66. The number of amides is 2. The van der Waals surface area contributed by atoms with E-state index in [0.717, 1.165) is 25.0 Å². The molecule has 0 spiro atoms. The number of carboxylic acids is 1. The first-order valence-corrected chi connectivity index (χ1v) is 7.32. The van der Waals surface area contributed by atoms with E-state index in [4.69, 9.17) is 0 Å². The molecule has 21 heavy (non-hydrogen) atoms. The maximum Gasteiger partial charge on any atom is 0.326 e. The standard InChI is InChI=1S/C14H20N4O3/c1-17-6-5-10(16-17)7-15-14(21)18-8-9-3-2-4-11(9)12(18)13(19)20/h5-6,9,11-12H,2-4,7-8H2,1H3,(H,15,21)(H,19,20). The van der Waals surface area contributed by atoms with Gasteiger partial charge in [0, 0.05) is 19.8 Å². The van der Waals surface area contributed by atoms with Gasteiger partial charge in [0.05, 0.1) is 12.2 Å². The molecule has 1 aliphatic carbocycles. The van der Waals surface area contributed by atoms with Gasteiger partial charge in [-0.25, -0.2) is 9.59 Å². The topological polar surface area (TPSA) is 87.5 Å². The van der Waals surface area contributed by atoms with Crippen molar-refractivity contribution < 1.29 is 14.7 Å². The van der Waals surface area contributed by atoms with Gasteiger partial charge in [0.2, 0.25) is 0 Å². The Morgan fingerprint density at radius 3 is 2.95 bits per heavy atom. The average Bonchev–Trinajstić information content (AvgIpc) is 3.09. The average molecular weight is 292 g/mol. The van der Waals surface area contributed by atoms with Gasteiger partial charge >= 0.3 is 12.0 Å². The number of aliphatic carboxylic acids is 1. The molecule has 2 amide bonds. The first-order chi connectivity index (χ1) is 10.1. The number of likely N-dealkylation sites (tertiary alicyclic amines) is 1. The quantitative estimate of drug-likeness (QED) is 0.863. The number of rotatable bonds is 3. The van der Waals surface area contributed by atoms with Crippen LogP contribution in [-0.4, -0.2) is 44.4 Å². The molecule has 0 bridgehead atoms. The number of aryl methyl sites for hydroxylation is 1. The van der Waals surface area contributed by atoms with Crippen LogP contribution in [0.2, 0.25) is 0 Å². The molecule has 2 fully saturated rings. The van der Waals surface area contributed by atoms with E-state index in [1.54, 1.807) is 4.68 Å². The molecular weight excluding hydrogens is 272 g/mol. The van der Waals surface area contributed by atoms with Crippen molar-refractivity contribution in [3.63, 3.8) is 0 Å². The summed E-state index contributed by atoms with van der Waals surface area (Å²) in [6.07, 6.45) is 4.81. The van der Waals surface area contributed by atoms with E-state index < -0.39 is 12.0 Å². The highest BCUT2D eigenvalue weighted by molar-refractivity contribution is 5.83. The predicted octanol–water partition coefficient (Wildman–Crippen LogP) is 0.815. The first kappa shape index (κ1) is 13.9. The number of carbonyl (C=O) groups excluding carboxylic acids is 1. The molecule has 2 N–H and O–H groups in total. The molecule has 1 saturated heterocycles. The second-order valence-corrected chi connectivity index (χ2v) is 5.93. The highest BCUT2D eigenvalue weighted by Gasteiger charge is 2.49. The number of nitrogens with one attached hydrogen (secondary N) is 1. The summed E-state index contributed by atoms with van der Waals surface area (Å²) in [5.41, 5.74) is 0.761. The van der Waals surface area contributed by atoms with E-state index >= 15 is 0 Å². The molecule has 2 aliphatic rings. The molecule has 7 nitrogen and oxygen atoms in total. The molecule has 114 valence electrons. The smallest absolute Gasteiger partial charge is 0.326 e. The summed E-state index contributed by atoms with van der Waals surface area (Å²) in [6, 6.07) is 0.844. The van der Waals surface area contributed by atoms with Crippen molar-refractivity contribution in [3.05, 3.63) is 18.0 Å². The molecule has 2 heterocycles. The Labute approximate surface area is 122 Å². The Kier molecular flexibility index (Phi) is 3.57.